The number of benzene rings is 1. The molecule has 0 fully saturated rings. The number of rotatable bonds is 3. The zero-order valence-electron chi connectivity index (χ0n) is 8.71. The van der Waals surface area contributed by atoms with Gasteiger partial charge in [-0.05, 0) is 12.1 Å². The molecular weight excluding hydrogens is 210 g/mol. The maximum Gasteiger partial charge on any atom is 0.348 e. The van der Waals surface area contributed by atoms with E-state index in [0.29, 0.717) is 11.5 Å². The molecule has 0 unspecified atom stereocenters. The van der Waals surface area contributed by atoms with Crippen LogP contribution in [-0.2, 0) is 9.63 Å². The Morgan fingerprint density at radius 2 is 2.44 bits per heavy atom. The van der Waals surface area contributed by atoms with Crippen molar-refractivity contribution in [3.05, 3.63) is 29.8 Å². The highest BCUT2D eigenvalue weighted by atomic mass is 16.7. The van der Waals surface area contributed by atoms with Gasteiger partial charge in [0, 0.05) is 12.0 Å². The van der Waals surface area contributed by atoms with Crippen LogP contribution in [-0.4, -0.2) is 30.0 Å². The zero-order chi connectivity index (χ0) is 11.5. The molecule has 1 aromatic carbocycles. The number of aliphatic carboxylic acids is 1. The number of carboxylic acids is 1. The summed E-state index contributed by atoms with van der Waals surface area (Å²) >= 11 is 0. The van der Waals surface area contributed by atoms with Crippen LogP contribution in [0.2, 0.25) is 0 Å². The fourth-order valence-electron chi connectivity index (χ4n) is 1.48. The van der Waals surface area contributed by atoms with E-state index in [1.807, 2.05) is 18.2 Å². The molecule has 1 aromatic rings. The van der Waals surface area contributed by atoms with Crippen molar-refractivity contribution in [2.75, 3.05) is 7.11 Å². The zero-order valence-corrected chi connectivity index (χ0v) is 8.71. The smallest absolute Gasteiger partial charge is 0.348 e. The lowest BCUT2D eigenvalue weighted by Gasteiger charge is -2.03. The first kappa shape index (κ1) is 10.5. The van der Waals surface area contributed by atoms with Crippen LogP contribution in [0.15, 0.2) is 29.4 Å². The van der Waals surface area contributed by atoms with Gasteiger partial charge in [0.2, 0.25) is 6.10 Å². The maximum atomic E-state index is 10.7. The lowest BCUT2D eigenvalue weighted by atomic mass is 10.0. The molecule has 0 spiro atoms. The summed E-state index contributed by atoms with van der Waals surface area (Å²) in [4.78, 5) is 15.5. The minimum Gasteiger partial charge on any atom is -0.497 e. The van der Waals surface area contributed by atoms with E-state index in [4.69, 9.17) is 14.7 Å². The minimum absolute atomic E-state index is 0.280. The van der Waals surface area contributed by atoms with Crippen LogP contribution in [0.4, 0.5) is 0 Å². The van der Waals surface area contributed by atoms with Crippen LogP contribution < -0.4 is 4.74 Å². The summed E-state index contributed by atoms with van der Waals surface area (Å²) in [6.07, 6.45) is -0.594. The standard InChI is InChI=1S/C11H11NO4/c1-15-8-4-2-3-7(5-8)9-6-10(11(13)14)16-12-9/h2-5,10H,6H2,1H3,(H,13,14)/t10-/m0/s1. The Balaban J connectivity index is 2.17. The molecule has 0 radical (unpaired) electrons. The molecule has 1 aliphatic heterocycles. The molecule has 0 aromatic heterocycles. The summed E-state index contributed by atoms with van der Waals surface area (Å²) in [5.74, 6) is -0.291. The van der Waals surface area contributed by atoms with E-state index in [-0.39, 0.29) is 6.42 Å². The molecule has 0 saturated carbocycles. The van der Waals surface area contributed by atoms with Crippen molar-refractivity contribution in [3.8, 4) is 5.75 Å². The monoisotopic (exact) mass is 221 g/mol. The Morgan fingerprint density at radius 1 is 1.62 bits per heavy atom. The van der Waals surface area contributed by atoms with Crippen molar-refractivity contribution in [1.29, 1.82) is 0 Å². The van der Waals surface area contributed by atoms with E-state index in [9.17, 15) is 4.79 Å². The predicted octanol–water partition coefficient (Wildman–Crippen LogP) is 1.27. The van der Waals surface area contributed by atoms with Crippen molar-refractivity contribution in [1.82, 2.24) is 0 Å². The Kier molecular flexibility index (Phi) is 2.76. The average Bonchev–Trinajstić information content (AvgIpc) is 2.78. The maximum absolute atomic E-state index is 10.7. The second-order valence-corrected chi connectivity index (χ2v) is 3.41. The first-order chi connectivity index (χ1) is 7.70. The van der Waals surface area contributed by atoms with Gasteiger partial charge in [-0.1, -0.05) is 17.3 Å². The third kappa shape index (κ3) is 1.98. The summed E-state index contributed by atoms with van der Waals surface area (Å²) < 4.78 is 5.08. The van der Waals surface area contributed by atoms with E-state index in [0.717, 1.165) is 5.56 Å². The third-order valence-corrected chi connectivity index (χ3v) is 2.35. The Morgan fingerprint density at radius 3 is 3.06 bits per heavy atom. The predicted molar refractivity (Wildman–Crippen MR) is 56.7 cm³/mol. The van der Waals surface area contributed by atoms with Crippen molar-refractivity contribution >= 4 is 11.7 Å². The molecule has 0 bridgehead atoms. The quantitative estimate of drug-likeness (QED) is 0.834. The topological polar surface area (TPSA) is 68.1 Å². The lowest BCUT2D eigenvalue weighted by molar-refractivity contribution is -0.148. The first-order valence-corrected chi connectivity index (χ1v) is 4.80. The molecule has 5 heteroatoms. The van der Waals surface area contributed by atoms with Crippen LogP contribution >= 0.6 is 0 Å². The summed E-state index contributed by atoms with van der Waals surface area (Å²) in [6, 6.07) is 7.28. The number of hydrogen-bond donors (Lipinski definition) is 1. The van der Waals surface area contributed by atoms with Crippen LogP contribution in [0, 0.1) is 0 Å². The molecule has 1 aliphatic rings. The molecule has 0 aliphatic carbocycles. The summed E-state index contributed by atoms with van der Waals surface area (Å²) in [5.41, 5.74) is 1.45. The average molecular weight is 221 g/mol. The van der Waals surface area contributed by atoms with Crippen molar-refractivity contribution in [2.24, 2.45) is 5.16 Å². The number of ether oxygens (including phenoxy) is 1. The molecule has 16 heavy (non-hydrogen) atoms. The van der Waals surface area contributed by atoms with Gasteiger partial charge in [0.25, 0.3) is 0 Å². The van der Waals surface area contributed by atoms with Gasteiger partial charge in [-0.2, -0.15) is 0 Å². The Labute approximate surface area is 92.3 Å². The van der Waals surface area contributed by atoms with E-state index in [1.54, 1.807) is 13.2 Å². The molecule has 5 nitrogen and oxygen atoms in total. The highest BCUT2D eigenvalue weighted by Gasteiger charge is 2.28. The number of carbonyl (C=O) groups is 1. The van der Waals surface area contributed by atoms with Crippen LogP contribution in [0.25, 0.3) is 0 Å². The third-order valence-electron chi connectivity index (χ3n) is 2.35. The van der Waals surface area contributed by atoms with Gasteiger partial charge in [-0.15, -0.1) is 0 Å². The van der Waals surface area contributed by atoms with E-state index >= 15 is 0 Å². The number of oxime groups is 1. The number of nitrogens with zero attached hydrogens (tertiary/aromatic N) is 1. The van der Waals surface area contributed by atoms with E-state index < -0.39 is 12.1 Å². The fraction of sp³-hybridized carbons (Fsp3) is 0.273. The SMILES string of the molecule is COc1cccc(C2=NO[C@H](C(=O)O)C2)c1. The number of hydrogen-bond acceptors (Lipinski definition) is 4. The number of methoxy groups -OCH3 is 1. The molecular formula is C11H11NO4. The van der Waals surface area contributed by atoms with E-state index in [1.165, 1.54) is 0 Å². The van der Waals surface area contributed by atoms with Crippen LogP contribution in [0.1, 0.15) is 12.0 Å². The normalized spacial score (nSPS) is 18.8. The summed E-state index contributed by atoms with van der Waals surface area (Å²) in [5, 5.41) is 12.5. The molecule has 0 amide bonds. The van der Waals surface area contributed by atoms with Gasteiger partial charge in [-0.25, -0.2) is 4.79 Å². The molecule has 0 saturated heterocycles. The lowest BCUT2D eigenvalue weighted by Crippen LogP contribution is -2.19. The van der Waals surface area contributed by atoms with Crippen molar-refractivity contribution in [3.63, 3.8) is 0 Å². The van der Waals surface area contributed by atoms with Gasteiger partial charge in [0.15, 0.2) is 0 Å². The molecule has 1 N–H and O–H groups in total. The van der Waals surface area contributed by atoms with Gasteiger partial charge < -0.3 is 14.7 Å². The largest absolute Gasteiger partial charge is 0.497 e. The van der Waals surface area contributed by atoms with Crippen molar-refractivity contribution < 1.29 is 19.5 Å². The Hall–Kier alpha value is -2.04. The molecule has 84 valence electrons. The van der Waals surface area contributed by atoms with E-state index in [2.05, 4.69) is 5.16 Å². The molecule has 1 atom stereocenters. The van der Waals surface area contributed by atoms with Gasteiger partial charge >= 0.3 is 5.97 Å². The first-order valence-electron chi connectivity index (χ1n) is 4.80. The van der Waals surface area contributed by atoms with Crippen LogP contribution in [0.5, 0.6) is 5.75 Å². The minimum atomic E-state index is -0.998. The highest BCUT2D eigenvalue weighted by Crippen LogP contribution is 2.20. The molecule has 2 rings (SSSR count). The van der Waals surface area contributed by atoms with Gasteiger partial charge in [0.05, 0.1) is 12.8 Å². The molecule has 1 heterocycles. The van der Waals surface area contributed by atoms with Crippen LogP contribution in [0.3, 0.4) is 0 Å². The Bertz CT molecular complexity index is 441. The van der Waals surface area contributed by atoms with Gasteiger partial charge in [-0.3, -0.25) is 0 Å². The van der Waals surface area contributed by atoms with Crippen molar-refractivity contribution in [2.45, 2.75) is 12.5 Å². The fourth-order valence-corrected chi connectivity index (χ4v) is 1.48. The van der Waals surface area contributed by atoms with Gasteiger partial charge in [0.1, 0.15) is 5.75 Å². The summed E-state index contributed by atoms with van der Waals surface area (Å²) in [6.45, 7) is 0. The second-order valence-electron chi connectivity index (χ2n) is 3.41. The number of carboxylic acid groups (broad SMARTS) is 1. The second kappa shape index (κ2) is 4.22. The summed E-state index contributed by atoms with van der Waals surface area (Å²) in [7, 11) is 1.58. The highest BCUT2D eigenvalue weighted by molar-refractivity contribution is 6.03.